The van der Waals surface area contributed by atoms with Gasteiger partial charge in [0.15, 0.2) is 11.5 Å². The maximum Gasteiger partial charge on any atom is 0.251 e. The summed E-state index contributed by atoms with van der Waals surface area (Å²) in [4.78, 5) is 18.9. The van der Waals surface area contributed by atoms with E-state index in [1.54, 1.807) is 12.1 Å². The lowest BCUT2D eigenvalue weighted by Crippen LogP contribution is -2.13. The lowest BCUT2D eigenvalue weighted by Gasteiger charge is -2.10. The minimum atomic E-state index is -0.504. The van der Waals surface area contributed by atoms with E-state index in [1.165, 1.54) is 45.7 Å². The summed E-state index contributed by atoms with van der Waals surface area (Å²) in [6.07, 6.45) is 6.97. The number of nitrogens with two attached hydrogens (primary N) is 1. The van der Waals surface area contributed by atoms with Gasteiger partial charge in [-0.25, -0.2) is 4.98 Å². The van der Waals surface area contributed by atoms with Gasteiger partial charge in [0.1, 0.15) is 0 Å². The summed E-state index contributed by atoms with van der Waals surface area (Å²) < 4.78 is 5.05. The van der Waals surface area contributed by atoms with Crippen molar-refractivity contribution in [2.75, 3.05) is 20.7 Å². The molecule has 0 fully saturated rings. The Balaban J connectivity index is 0.000000436. The number of carbonyl (C=O) groups is 1. The fraction of sp³-hybridized carbons (Fsp3) is 0.440. The molecule has 0 saturated heterocycles. The Morgan fingerprint density at radius 1 is 1.22 bits per heavy atom. The molecular formula is C25H38N4O3. The fourth-order valence-corrected chi connectivity index (χ4v) is 3.37. The van der Waals surface area contributed by atoms with E-state index >= 15 is 0 Å². The first-order valence-corrected chi connectivity index (χ1v) is 11.2. The summed E-state index contributed by atoms with van der Waals surface area (Å²) in [5, 5.41) is 13.1. The van der Waals surface area contributed by atoms with Crippen LogP contribution in [0.25, 0.3) is 22.2 Å². The highest BCUT2D eigenvalue weighted by atomic mass is 16.5. The molecular weight excluding hydrogens is 404 g/mol. The number of rotatable bonds is 8. The molecule has 0 bridgehead atoms. The van der Waals surface area contributed by atoms with Gasteiger partial charge in [-0.1, -0.05) is 46.1 Å². The van der Waals surface area contributed by atoms with Crippen LogP contribution < -0.4 is 15.8 Å². The summed E-state index contributed by atoms with van der Waals surface area (Å²) in [6, 6.07) is 6.95. The van der Waals surface area contributed by atoms with Crippen LogP contribution in [0.5, 0.6) is 11.5 Å². The zero-order valence-corrected chi connectivity index (χ0v) is 20.2. The summed E-state index contributed by atoms with van der Waals surface area (Å²) in [5.74, 6) is -0.0660. The van der Waals surface area contributed by atoms with E-state index in [9.17, 15) is 9.90 Å². The molecule has 0 radical (unpaired) electrons. The molecule has 0 saturated carbocycles. The van der Waals surface area contributed by atoms with Gasteiger partial charge >= 0.3 is 0 Å². The number of aromatic nitrogens is 2. The van der Waals surface area contributed by atoms with Crippen molar-refractivity contribution in [1.82, 2.24) is 15.3 Å². The highest BCUT2D eigenvalue weighted by Gasteiger charge is 2.17. The predicted octanol–water partition coefficient (Wildman–Crippen LogP) is 5.16. The summed E-state index contributed by atoms with van der Waals surface area (Å²) in [5.41, 5.74) is 9.42. The molecule has 2 aromatic carbocycles. The number of nitrogens with one attached hydrogen (secondary N) is 2. The molecule has 0 aliphatic heterocycles. The predicted molar refractivity (Wildman–Crippen MR) is 132 cm³/mol. The van der Waals surface area contributed by atoms with E-state index in [4.69, 9.17) is 10.5 Å². The molecule has 3 aromatic rings. The normalized spacial score (nSPS) is 10.1. The molecule has 1 heterocycles. The van der Waals surface area contributed by atoms with E-state index in [0.29, 0.717) is 22.3 Å². The minimum absolute atomic E-state index is 0.0420. The number of imidazole rings is 1. The maximum atomic E-state index is 11.6. The number of unbranched alkanes of at least 4 members (excludes halogenated alkanes) is 3. The lowest BCUT2D eigenvalue weighted by atomic mass is 9.97. The highest BCUT2D eigenvalue weighted by molar-refractivity contribution is 6.09. The second-order valence-corrected chi connectivity index (χ2v) is 7.16. The van der Waals surface area contributed by atoms with Crippen molar-refractivity contribution < 1.29 is 14.6 Å². The monoisotopic (exact) mass is 442 g/mol. The zero-order valence-electron chi connectivity index (χ0n) is 20.2. The molecule has 176 valence electrons. The summed E-state index contributed by atoms with van der Waals surface area (Å²) >= 11 is 0. The van der Waals surface area contributed by atoms with Crippen molar-refractivity contribution in [3.63, 3.8) is 0 Å². The molecule has 1 amide bonds. The number of hydrogen-bond donors (Lipinski definition) is 4. The molecule has 7 nitrogen and oxygen atoms in total. The molecule has 0 atom stereocenters. The van der Waals surface area contributed by atoms with Crippen molar-refractivity contribution in [3.05, 3.63) is 41.7 Å². The molecule has 0 aliphatic rings. The number of fused-ring (bicyclic) bond motifs is 1. The Kier molecular flexibility index (Phi) is 11.9. The van der Waals surface area contributed by atoms with E-state index in [1.807, 2.05) is 40.0 Å². The molecule has 5 N–H and O–H groups in total. The number of aryl methyl sites for hydroxylation is 1. The number of methoxy groups -OCH3 is 1. The highest BCUT2D eigenvalue weighted by Crippen LogP contribution is 2.35. The van der Waals surface area contributed by atoms with Gasteiger partial charge in [-0.3, -0.25) is 4.79 Å². The number of benzene rings is 2. The Bertz CT molecular complexity index is 977. The first kappa shape index (κ1) is 27.0. The number of phenolic OH excluding ortho intramolecular Hbond substituents is 1. The number of phenols is 1. The van der Waals surface area contributed by atoms with E-state index in [0.717, 1.165) is 16.7 Å². The van der Waals surface area contributed by atoms with E-state index in [-0.39, 0.29) is 5.75 Å². The van der Waals surface area contributed by atoms with Crippen LogP contribution in [-0.2, 0) is 0 Å². The van der Waals surface area contributed by atoms with Gasteiger partial charge in [0, 0.05) is 5.56 Å². The van der Waals surface area contributed by atoms with Crippen LogP contribution in [-0.4, -0.2) is 41.7 Å². The van der Waals surface area contributed by atoms with Crippen LogP contribution in [0.3, 0.4) is 0 Å². The smallest absolute Gasteiger partial charge is 0.251 e. The van der Waals surface area contributed by atoms with Crippen molar-refractivity contribution in [3.8, 4) is 22.6 Å². The van der Waals surface area contributed by atoms with Crippen molar-refractivity contribution in [2.24, 2.45) is 5.73 Å². The van der Waals surface area contributed by atoms with Gasteiger partial charge in [0.25, 0.3) is 5.91 Å². The number of nitrogens with zero attached hydrogens (tertiary/aromatic N) is 1. The van der Waals surface area contributed by atoms with Crippen molar-refractivity contribution in [1.29, 1.82) is 0 Å². The minimum Gasteiger partial charge on any atom is -0.504 e. The van der Waals surface area contributed by atoms with Crippen molar-refractivity contribution >= 4 is 16.9 Å². The molecule has 0 unspecified atom stereocenters. The molecule has 7 heteroatoms. The van der Waals surface area contributed by atoms with Gasteiger partial charge < -0.3 is 25.9 Å². The van der Waals surface area contributed by atoms with Crippen LogP contribution in [0, 0.1) is 6.92 Å². The third kappa shape index (κ3) is 6.99. The number of ether oxygens (including phenoxy) is 1. The second kappa shape index (κ2) is 14.1. The Morgan fingerprint density at radius 3 is 2.50 bits per heavy atom. The number of amides is 1. The van der Waals surface area contributed by atoms with Crippen LogP contribution in [0.4, 0.5) is 0 Å². The van der Waals surface area contributed by atoms with E-state index < -0.39 is 5.91 Å². The van der Waals surface area contributed by atoms with Crippen LogP contribution in [0.2, 0.25) is 0 Å². The average Bonchev–Trinajstić information content (AvgIpc) is 3.27. The van der Waals surface area contributed by atoms with Crippen LogP contribution >= 0.6 is 0 Å². The molecule has 3 rings (SSSR count). The maximum absolute atomic E-state index is 11.6. The van der Waals surface area contributed by atoms with Gasteiger partial charge in [0.2, 0.25) is 0 Å². The molecule has 32 heavy (non-hydrogen) atoms. The third-order valence-corrected chi connectivity index (χ3v) is 4.92. The molecule has 1 aromatic heterocycles. The molecule has 0 spiro atoms. The third-order valence-electron chi connectivity index (χ3n) is 4.92. The van der Waals surface area contributed by atoms with Gasteiger partial charge in [-0.15, -0.1) is 0 Å². The number of carbonyl (C=O) groups excluding carboxylic acids is 1. The Labute approximate surface area is 191 Å². The van der Waals surface area contributed by atoms with Crippen LogP contribution in [0.15, 0.2) is 30.6 Å². The van der Waals surface area contributed by atoms with Crippen molar-refractivity contribution in [2.45, 2.75) is 53.4 Å². The standard InChI is InChI=1S/C16H15N3O3.C7H17N.C2H6/c1-8-5-10(9-3-4-12(22-2)11(20)6-9)14-15(19-7-18-14)13(8)16(17)21;1-3-4-5-6-7-8-2;1-2/h3-7,20H,1-2H3,(H2,17,21)(H,18,19);8H,3-7H2,1-2H3;1-2H3. The number of aromatic hydroxyl groups is 1. The van der Waals surface area contributed by atoms with Gasteiger partial charge in [-0.2, -0.15) is 0 Å². The number of primary amides is 1. The topological polar surface area (TPSA) is 113 Å². The van der Waals surface area contributed by atoms with E-state index in [2.05, 4.69) is 22.2 Å². The SMILES string of the molecule is CC.CCCCCCNC.COc1ccc(-c2cc(C)c(C(N)=O)c3[nH]cnc23)cc1O. The first-order chi connectivity index (χ1) is 15.4. The summed E-state index contributed by atoms with van der Waals surface area (Å²) in [7, 11) is 3.50. The number of hydrogen-bond acceptors (Lipinski definition) is 5. The van der Waals surface area contributed by atoms with Gasteiger partial charge in [0.05, 0.1) is 30.0 Å². The molecule has 0 aliphatic carbocycles. The van der Waals surface area contributed by atoms with Crippen LogP contribution in [0.1, 0.15) is 62.4 Å². The Hall–Kier alpha value is -3.06. The average molecular weight is 443 g/mol. The Morgan fingerprint density at radius 2 is 1.94 bits per heavy atom. The lowest BCUT2D eigenvalue weighted by molar-refractivity contribution is 0.100. The number of aromatic amines is 1. The quantitative estimate of drug-likeness (QED) is 0.360. The zero-order chi connectivity index (χ0) is 24.1. The summed E-state index contributed by atoms with van der Waals surface area (Å²) in [6.45, 7) is 9.23. The van der Waals surface area contributed by atoms with Gasteiger partial charge in [-0.05, 0) is 56.3 Å². The number of H-pyrrole nitrogens is 1. The first-order valence-electron chi connectivity index (χ1n) is 11.2. The fourth-order valence-electron chi connectivity index (χ4n) is 3.37. The largest absolute Gasteiger partial charge is 0.504 e. The second-order valence-electron chi connectivity index (χ2n) is 7.16.